The van der Waals surface area contributed by atoms with Crippen LogP contribution in [0.5, 0.6) is 0 Å². The van der Waals surface area contributed by atoms with Gasteiger partial charge in [-0.05, 0) is 21.0 Å². The standard InChI is InChI=1S/C13H27N5O3/c1-11(19)8-18(6-4-16(2)9-12(14)20)7-5-17(3)10-13(15)21/h4-10H2,1-3H3,(H2,14,20)(H2,15,21). The Labute approximate surface area is 126 Å². The second kappa shape index (κ2) is 10.3. The van der Waals surface area contributed by atoms with Crippen LogP contribution in [0.15, 0.2) is 0 Å². The zero-order valence-corrected chi connectivity index (χ0v) is 13.2. The number of hydrogen-bond acceptors (Lipinski definition) is 6. The van der Waals surface area contributed by atoms with Gasteiger partial charge in [0.15, 0.2) is 0 Å². The molecule has 0 rings (SSSR count). The largest absolute Gasteiger partial charge is 0.369 e. The summed E-state index contributed by atoms with van der Waals surface area (Å²) in [5, 5.41) is 0. The van der Waals surface area contributed by atoms with Crippen LogP contribution in [0.4, 0.5) is 0 Å². The molecular weight excluding hydrogens is 274 g/mol. The molecule has 0 fully saturated rings. The third-order valence-corrected chi connectivity index (χ3v) is 2.89. The number of hydrogen-bond donors (Lipinski definition) is 2. The van der Waals surface area contributed by atoms with E-state index in [1.165, 1.54) is 6.92 Å². The van der Waals surface area contributed by atoms with Crippen LogP contribution in [0.3, 0.4) is 0 Å². The van der Waals surface area contributed by atoms with Crippen molar-refractivity contribution in [2.45, 2.75) is 6.92 Å². The van der Waals surface area contributed by atoms with E-state index >= 15 is 0 Å². The Bertz CT molecular complexity index is 336. The Morgan fingerprint density at radius 3 is 1.43 bits per heavy atom. The number of amides is 2. The zero-order chi connectivity index (χ0) is 16.4. The Balaban J connectivity index is 4.22. The molecule has 122 valence electrons. The molecule has 21 heavy (non-hydrogen) atoms. The minimum atomic E-state index is -0.378. The van der Waals surface area contributed by atoms with Gasteiger partial charge >= 0.3 is 0 Å². The monoisotopic (exact) mass is 301 g/mol. The zero-order valence-electron chi connectivity index (χ0n) is 13.2. The van der Waals surface area contributed by atoms with E-state index in [0.29, 0.717) is 32.7 Å². The van der Waals surface area contributed by atoms with Gasteiger partial charge in [-0.3, -0.25) is 29.1 Å². The summed E-state index contributed by atoms with van der Waals surface area (Å²) in [6.45, 7) is 4.82. The molecule has 0 aromatic carbocycles. The molecule has 0 aliphatic rings. The van der Waals surface area contributed by atoms with Crippen LogP contribution < -0.4 is 11.5 Å². The second-order valence-corrected chi connectivity index (χ2v) is 5.39. The predicted octanol–water partition coefficient (Wildman–Crippen LogP) is -2.29. The highest BCUT2D eigenvalue weighted by molar-refractivity contribution is 5.77. The van der Waals surface area contributed by atoms with E-state index in [9.17, 15) is 14.4 Å². The van der Waals surface area contributed by atoms with Gasteiger partial charge in [-0.15, -0.1) is 0 Å². The Hall–Kier alpha value is -1.51. The van der Waals surface area contributed by atoms with Crippen molar-refractivity contribution in [3.63, 3.8) is 0 Å². The average molecular weight is 301 g/mol. The molecule has 2 amide bonds. The highest BCUT2D eigenvalue weighted by Gasteiger charge is 2.11. The van der Waals surface area contributed by atoms with E-state index in [0.717, 1.165) is 0 Å². The number of likely N-dealkylation sites (N-methyl/N-ethyl adjacent to an activating group) is 2. The third kappa shape index (κ3) is 12.0. The van der Waals surface area contributed by atoms with E-state index in [4.69, 9.17) is 11.5 Å². The normalized spacial score (nSPS) is 11.3. The van der Waals surface area contributed by atoms with Crippen molar-refractivity contribution in [1.82, 2.24) is 14.7 Å². The van der Waals surface area contributed by atoms with Crippen molar-refractivity contribution in [1.29, 1.82) is 0 Å². The maximum absolute atomic E-state index is 11.3. The molecule has 0 atom stereocenters. The smallest absolute Gasteiger partial charge is 0.231 e. The van der Waals surface area contributed by atoms with Crippen LogP contribution in [-0.2, 0) is 14.4 Å². The number of rotatable bonds is 12. The van der Waals surface area contributed by atoms with Crippen LogP contribution in [-0.4, -0.2) is 92.2 Å². The van der Waals surface area contributed by atoms with Crippen LogP contribution in [0.25, 0.3) is 0 Å². The summed E-state index contributed by atoms with van der Waals surface area (Å²) in [6.07, 6.45) is 0. The lowest BCUT2D eigenvalue weighted by Crippen LogP contribution is -2.42. The minimum Gasteiger partial charge on any atom is -0.369 e. The summed E-state index contributed by atoms with van der Waals surface area (Å²) < 4.78 is 0. The highest BCUT2D eigenvalue weighted by Crippen LogP contribution is 1.93. The fourth-order valence-corrected chi connectivity index (χ4v) is 1.90. The minimum absolute atomic E-state index is 0.0742. The molecule has 0 saturated carbocycles. The van der Waals surface area contributed by atoms with Gasteiger partial charge in [0, 0.05) is 26.2 Å². The summed E-state index contributed by atoms with van der Waals surface area (Å²) in [5.74, 6) is -0.682. The SMILES string of the molecule is CC(=O)CN(CCN(C)CC(N)=O)CCN(C)CC(N)=O. The molecule has 8 nitrogen and oxygen atoms in total. The number of nitrogens with zero attached hydrogens (tertiary/aromatic N) is 3. The summed E-state index contributed by atoms with van der Waals surface area (Å²) in [6, 6.07) is 0. The maximum atomic E-state index is 11.3. The van der Waals surface area contributed by atoms with Gasteiger partial charge in [-0.25, -0.2) is 0 Å². The van der Waals surface area contributed by atoms with Crippen molar-refractivity contribution >= 4 is 17.6 Å². The topological polar surface area (TPSA) is 113 Å². The van der Waals surface area contributed by atoms with E-state index in [2.05, 4.69) is 0 Å². The Morgan fingerprint density at radius 2 is 1.14 bits per heavy atom. The van der Waals surface area contributed by atoms with E-state index in [1.54, 1.807) is 14.1 Å². The van der Waals surface area contributed by atoms with Gasteiger partial charge in [0.1, 0.15) is 5.78 Å². The molecule has 8 heteroatoms. The predicted molar refractivity (Wildman–Crippen MR) is 80.5 cm³/mol. The number of carbonyl (C=O) groups excluding carboxylic acids is 3. The lowest BCUT2D eigenvalue weighted by molar-refractivity contribution is -0.120. The summed E-state index contributed by atoms with van der Waals surface area (Å²) in [7, 11) is 3.60. The molecule has 0 aromatic rings. The number of ketones is 1. The van der Waals surface area contributed by atoms with Crippen LogP contribution in [0, 0.1) is 0 Å². The van der Waals surface area contributed by atoms with Crippen LogP contribution in [0.1, 0.15) is 6.92 Å². The first kappa shape index (κ1) is 19.5. The van der Waals surface area contributed by atoms with Crippen molar-refractivity contribution < 1.29 is 14.4 Å². The quantitative estimate of drug-likeness (QED) is 0.419. The average Bonchev–Trinajstić information content (AvgIpc) is 2.30. The van der Waals surface area contributed by atoms with Gasteiger partial charge in [0.05, 0.1) is 19.6 Å². The van der Waals surface area contributed by atoms with Crippen molar-refractivity contribution in [3.8, 4) is 0 Å². The maximum Gasteiger partial charge on any atom is 0.231 e. The molecule has 0 spiro atoms. The molecule has 0 unspecified atom stereocenters. The first-order valence-corrected chi connectivity index (χ1v) is 6.86. The molecular formula is C13H27N5O3. The van der Waals surface area contributed by atoms with Crippen molar-refractivity contribution in [2.24, 2.45) is 11.5 Å². The Morgan fingerprint density at radius 1 is 0.762 bits per heavy atom. The summed E-state index contributed by atoms with van der Waals surface area (Å²) >= 11 is 0. The second-order valence-electron chi connectivity index (χ2n) is 5.39. The third-order valence-electron chi connectivity index (χ3n) is 2.89. The molecule has 0 saturated heterocycles. The highest BCUT2D eigenvalue weighted by atomic mass is 16.1. The van der Waals surface area contributed by atoms with E-state index < -0.39 is 0 Å². The van der Waals surface area contributed by atoms with Crippen molar-refractivity contribution in [3.05, 3.63) is 0 Å². The molecule has 0 bridgehead atoms. The van der Waals surface area contributed by atoms with E-state index in [1.807, 2.05) is 14.7 Å². The first-order chi connectivity index (χ1) is 9.70. The first-order valence-electron chi connectivity index (χ1n) is 6.86. The van der Waals surface area contributed by atoms with Crippen LogP contribution in [0.2, 0.25) is 0 Å². The van der Waals surface area contributed by atoms with Gasteiger partial charge in [0.2, 0.25) is 11.8 Å². The fourth-order valence-electron chi connectivity index (χ4n) is 1.90. The fraction of sp³-hybridized carbons (Fsp3) is 0.769. The summed E-state index contributed by atoms with van der Waals surface area (Å²) in [5.41, 5.74) is 10.3. The molecule has 0 aliphatic carbocycles. The molecule has 0 aromatic heterocycles. The van der Waals surface area contributed by atoms with E-state index in [-0.39, 0.29) is 30.7 Å². The molecule has 0 radical (unpaired) electrons. The molecule has 4 N–H and O–H groups in total. The Kier molecular flexibility index (Phi) is 9.51. The summed E-state index contributed by atoms with van der Waals surface area (Å²) in [4.78, 5) is 38.5. The van der Waals surface area contributed by atoms with Gasteiger partial charge in [-0.1, -0.05) is 0 Å². The van der Waals surface area contributed by atoms with Gasteiger partial charge in [0.25, 0.3) is 0 Å². The molecule has 0 aliphatic heterocycles. The van der Waals surface area contributed by atoms with Gasteiger partial charge < -0.3 is 11.5 Å². The number of primary amides is 2. The van der Waals surface area contributed by atoms with Gasteiger partial charge in [-0.2, -0.15) is 0 Å². The lowest BCUT2D eigenvalue weighted by atomic mass is 10.3. The van der Waals surface area contributed by atoms with Crippen LogP contribution >= 0.6 is 0 Å². The molecule has 0 heterocycles. The number of Topliss-reactive ketones (excluding diaryl/α,β-unsaturated/α-hetero) is 1. The number of carbonyl (C=O) groups is 3. The number of nitrogens with two attached hydrogens (primary N) is 2. The lowest BCUT2D eigenvalue weighted by Gasteiger charge is -2.26. The van der Waals surface area contributed by atoms with Crippen molar-refractivity contribution in [2.75, 3.05) is 59.9 Å².